The molecule has 1 aliphatic rings. The summed E-state index contributed by atoms with van der Waals surface area (Å²) in [6.07, 6.45) is 3.70. The number of carbonyl (C=O) groups excluding carboxylic acids is 1. The van der Waals surface area contributed by atoms with Crippen LogP contribution in [0, 0.1) is 5.41 Å². The van der Waals surface area contributed by atoms with E-state index in [1.54, 1.807) is 6.20 Å². The van der Waals surface area contributed by atoms with Gasteiger partial charge in [-0.2, -0.15) is 0 Å². The van der Waals surface area contributed by atoms with Gasteiger partial charge >= 0.3 is 0 Å². The van der Waals surface area contributed by atoms with Crippen LogP contribution in [0.3, 0.4) is 0 Å². The van der Waals surface area contributed by atoms with Crippen molar-refractivity contribution in [3.05, 3.63) is 48.2 Å². The molecule has 1 amide bonds. The van der Waals surface area contributed by atoms with E-state index in [1.165, 1.54) is 0 Å². The number of pyridine rings is 1. The Morgan fingerprint density at radius 1 is 1.20 bits per heavy atom. The summed E-state index contributed by atoms with van der Waals surface area (Å²) in [7, 11) is 0. The molecule has 162 valence electrons. The van der Waals surface area contributed by atoms with Crippen LogP contribution < -0.4 is 14.8 Å². The van der Waals surface area contributed by atoms with Crippen LogP contribution in [0.25, 0.3) is 0 Å². The molecule has 0 unspecified atom stereocenters. The first-order valence-corrected chi connectivity index (χ1v) is 10.7. The van der Waals surface area contributed by atoms with Crippen molar-refractivity contribution in [3.63, 3.8) is 0 Å². The zero-order valence-electron chi connectivity index (χ0n) is 18.5. The van der Waals surface area contributed by atoms with E-state index in [2.05, 4.69) is 29.0 Å². The van der Waals surface area contributed by atoms with Crippen LogP contribution in [0.15, 0.2) is 42.6 Å². The van der Waals surface area contributed by atoms with Crippen LogP contribution in [-0.4, -0.2) is 41.5 Å². The molecule has 2 heterocycles. The lowest BCUT2D eigenvalue weighted by Crippen LogP contribution is -2.40. The first-order chi connectivity index (χ1) is 14.3. The molecule has 0 atom stereocenters. The standard InChI is InChI=1S/C24H33N3O3/c1-18(2)26-22(28)16-27-14-8-12-24(3,4)17-29-20-10-5-6-11-21(20)30-23-19(15-27)9-7-13-25-23/h5-7,9-11,13,18H,8,12,14-17H2,1-4H3,(H,26,28). The van der Waals surface area contributed by atoms with Crippen molar-refractivity contribution in [1.82, 2.24) is 15.2 Å². The van der Waals surface area contributed by atoms with E-state index in [9.17, 15) is 4.79 Å². The number of para-hydroxylation sites is 2. The van der Waals surface area contributed by atoms with Crippen LogP contribution in [0.5, 0.6) is 17.4 Å². The maximum atomic E-state index is 12.4. The second kappa shape index (κ2) is 9.94. The summed E-state index contributed by atoms with van der Waals surface area (Å²) in [4.78, 5) is 19.1. The van der Waals surface area contributed by atoms with Gasteiger partial charge in [-0.1, -0.05) is 32.0 Å². The summed E-state index contributed by atoms with van der Waals surface area (Å²) in [6.45, 7) is 10.7. The molecule has 1 N–H and O–H groups in total. The van der Waals surface area contributed by atoms with Crippen molar-refractivity contribution < 1.29 is 14.3 Å². The van der Waals surface area contributed by atoms with Gasteiger partial charge in [0, 0.05) is 24.3 Å². The Kier molecular flexibility index (Phi) is 7.32. The van der Waals surface area contributed by atoms with Crippen molar-refractivity contribution in [2.75, 3.05) is 19.7 Å². The molecular weight excluding hydrogens is 378 g/mol. The molecule has 0 spiro atoms. The molecular formula is C24H33N3O3. The lowest BCUT2D eigenvalue weighted by molar-refractivity contribution is -0.122. The van der Waals surface area contributed by atoms with E-state index in [0.29, 0.717) is 31.3 Å². The first kappa shape index (κ1) is 22.1. The number of aromatic nitrogens is 1. The monoisotopic (exact) mass is 411 g/mol. The highest BCUT2D eigenvalue weighted by atomic mass is 16.5. The van der Waals surface area contributed by atoms with Crippen LogP contribution in [-0.2, 0) is 11.3 Å². The number of rotatable bonds is 3. The fourth-order valence-electron chi connectivity index (χ4n) is 3.55. The maximum absolute atomic E-state index is 12.4. The quantitative estimate of drug-likeness (QED) is 0.811. The second-order valence-electron chi connectivity index (χ2n) is 9.01. The molecule has 2 aromatic rings. The van der Waals surface area contributed by atoms with Crippen molar-refractivity contribution in [2.24, 2.45) is 5.41 Å². The first-order valence-electron chi connectivity index (χ1n) is 10.7. The summed E-state index contributed by atoms with van der Waals surface area (Å²) >= 11 is 0. The van der Waals surface area contributed by atoms with Crippen LogP contribution in [0.2, 0.25) is 0 Å². The normalized spacial score (nSPS) is 17.2. The smallest absolute Gasteiger partial charge is 0.234 e. The third-order valence-corrected chi connectivity index (χ3v) is 5.06. The van der Waals surface area contributed by atoms with Gasteiger partial charge in [0.2, 0.25) is 11.8 Å². The van der Waals surface area contributed by atoms with E-state index < -0.39 is 0 Å². The summed E-state index contributed by atoms with van der Waals surface area (Å²) in [5.74, 6) is 1.95. The number of nitrogens with one attached hydrogen (secondary N) is 1. The van der Waals surface area contributed by atoms with Gasteiger partial charge < -0.3 is 14.8 Å². The molecule has 1 aromatic carbocycles. The minimum atomic E-state index is 0.0120. The fourth-order valence-corrected chi connectivity index (χ4v) is 3.55. The molecule has 0 radical (unpaired) electrons. The number of amides is 1. The van der Waals surface area contributed by atoms with Gasteiger partial charge in [-0.3, -0.25) is 9.69 Å². The minimum absolute atomic E-state index is 0.0120. The number of benzene rings is 1. The van der Waals surface area contributed by atoms with E-state index >= 15 is 0 Å². The largest absolute Gasteiger partial charge is 0.489 e. The van der Waals surface area contributed by atoms with Gasteiger partial charge in [0.15, 0.2) is 11.5 Å². The highest BCUT2D eigenvalue weighted by Crippen LogP contribution is 2.34. The highest BCUT2D eigenvalue weighted by Gasteiger charge is 2.23. The predicted molar refractivity (Wildman–Crippen MR) is 118 cm³/mol. The molecule has 0 fully saturated rings. The fraction of sp³-hybridized carbons (Fsp3) is 0.500. The zero-order valence-corrected chi connectivity index (χ0v) is 18.5. The molecule has 1 aliphatic heterocycles. The van der Waals surface area contributed by atoms with E-state index in [0.717, 1.165) is 30.7 Å². The molecule has 0 aliphatic carbocycles. The van der Waals surface area contributed by atoms with Gasteiger partial charge in [0.1, 0.15) is 0 Å². The third-order valence-electron chi connectivity index (χ3n) is 5.06. The van der Waals surface area contributed by atoms with Gasteiger partial charge in [-0.05, 0) is 56.8 Å². The van der Waals surface area contributed by atoms with Crippen molar-refractivity contribution in [2.45, 2.75) is 53.1 Å². The van der Waals surface area contributed by atoms with Gasteiger partial charge in [0.25, 0.3) is 0 Å². The van der Waals surface area contributed by atoms with E-state index in [-0.39, 0.29) is 17.4 Å². The number of nitrogens with zero attached hydrogens (tertiary/aromatic N) is 2. The van der Waals surface area contributed by atoms with Crippen LogP contribution in [0.4, 0.5) is 0 Å². The summed E-state index contributed by atoms with van der Waals surface area (Å²) in [6, 6.07) is 11.7. The van der Waals surface area contributed by atoms with Crippen LogP contribution in [0.1, 0.15) is 46.1 Å². The summed E-state index contributed by atoms with van der Waals surface area (Å²) < 4.78 is 12.3. The average Bonchev–Trinajstić information content (AvgIpc) is 2.68. The predicted octanol–water partition coefficient (Wildman–Crippen LogP) is 4.40. The zero-order chi connectivity index (χ0) is 21.6. The molecule has 6 heteroatoms. The number of fused-ring (bicyclic) bond motifs is 2. The molecule has 1 aromatic heterocycles. The Hall–Kier alpha value is -2.60. The van der Waals surface area contributed by atoms with E-state index in [4.69, 9.17) is 9.47 Å². The van der Waals surface area contributed by atoms with Crippen molar-refractivity contribution in [3.8, 4) is 17.4 Å². The molecule has 0 saturated carbocycles. The minimum Gasteiger partial charge on any atom is -0.489 e. The molecule has 30 heavy (non-hydrogen) atoms. The second-order valence-corrected chi connectivity index (χ2v) is 9.01. The highest BCUT2D eigenvalue weighted by molar-refractivity contribution is 5.78. The van der Waals surface area contributed by atoms with Crippen molar-refractivity contribution in [1.29, 1.82) is 0 Å². The summed E-state index contributed by atoms with van der Waals surface area (Å²) in [5.41, 5.74) is 0.959. The number of ether oxygens (including phenoxy) is 2. The SMILES string of the molecule is CC(C)NC(=O)CN1CCCC(C)(C)COc2ccccc2Oc2ncccc2C1. The van der Waals surface area contributed by atoms with Gasteiger partial charge in [-0.15, -0.1) is 0 Å². The van der Waals surface area contributed by atoms with Gasteiger partial charge in [-0.25, -0.2) is 4.98 Å². The lowest BCUT2D eigenvalue weighted by Gasteiger charge is -2.27. The Morgan fingerprint density at radius 3 is 2.73 bits per heavy atom. The van der Waals surface area contributed by atoms with E-state index in [1.807, 2.05) is 50.2 Å². The topological polar surface area (TPSA) is 63.7 Å². The Bertz CT molecular complexity index is 851. The third kappa shape index (κ3) is 6.46. The Labute approximate surface area is 179 Å². The van der Waals surface area contributed by atoms with Crippen LogP contribution >= 0.6 is 0 Å². The lowest BCUT2D eigenvalue weighted by atomic mass is 9.88. The number of hydrogen-bond acceptors (Lipinski definition) is 5. The average molecular weight is 412 g/mol. The molecule has 6 nitrogen and oxygen atoms in total. The van der Waals surface area contributed by atoms with Crippen molar-refractivity contribution >= 4 is 5.91 Å². The number of carbonyl (C=O) groups is 1. The number of hydrogen-bond donors (Lipinski definition) is 1. The van der Waals surface area contributed by atoms with Gasteiger partial charge in [0.05, 0.1) is 13.2 Å². The maximum Gasteiger partial charge on any atom is 0.234 e. The molecule has 0 bridgehead atoms. The Morgan fingerprint density at radius 2 is 1.97 bits per heavy atom. The molecule has 3 rings (SSSR count). The Balaban J connectivity index is 1.89. The molecule has 0 saturated heterocycles. The summed E-state index contributed by atoms with van der Waals surface area (Å²) in [5, 5.41) is 2.99.